The van der Waals surface area contributed by atoms with Gasteiger partial charge in [-0.05, 0) is 42.9 Å². The van der Waals surface area contributed by atoms with Crippen molar-refractivity contribution in [1.29, 1.82) is 0 Å². The summed E-state index contributed by atoms with van der Waals surface area (Å²) in [6.07, 6.45) is -0.431. The van der Waals surface area contributed by atoms with Crippen molar-refractivity contribution < 1.29 is 18.0 Å². The molecule has 2 aliphatic rings. The van der Waals surface area contributed by atoms with E-state index < -0.39 is 11.7 Å². The molecular formula is C20H21ClF3N3OS. The predicted molar refractivity (Wildman–Crippen MR) is 108 cm³/mol. The number of carbonyl (C=O) groups excluding carboxylic acids is 1. The summed E-state index contributed by atoms with van der Waals surface area (Å²) in [5.41, 5.74) is 0.438. The van der Waals surface area contributed by atoms with Crippen LogP contribution in [-0.2, 0) is 19.0 Å². The van der Waals surface area contributed by atoms with Crippen molar-refractivity contribution in [3.8, 4) is 0 Å². The second kappa shape index (κ2) is 7.80. The van der Waals surface area contributed by atoms with Gasteiger partial charge in [-0.25, -0.2) is 4.98 Å². The molecule has 1 amide bonds. The Morgan fingerprint density at radius 3 is 2.62 bits per heavy atom. The fraction of sp³-hybridized carbons (Fsp3) is 0.500. The molecule has 3 heterocycles. The Bertz CT molecular complexity index is 922. The molecule has 2 aromatic heterocycles. The molecule has 0 N–H and O–H groups in total. The second-order valence-corrected chi connectivity index (χ2v) is 9.26. The molecule has 0 spiro atoms. The van der Waals surface area contributed by atoms with Crippen LogP contribution in [0.4, 0.5) is 19.0 Å². The Kier molecular flexibility index (Phi) is 5.50. The summed E-state index contributed by atoms with van der Waals surface area (Å²) < 4.78 is 38.4. The van der Waals surface area contributed by atoms with E-state index in [1.807, 2.05) is 11.0 Å². The number of hydrogen-bond acceptors (Lipinski definition) is 4. The molecule has 1 aliphatic heterocycles. The van der Waals surface area contributed by atoms with Crippen LogP contribution in [0.15, 0.2) is 18.3 Å². The number of piperazine rings is 1. The van der Waals surface area contributed by atoms with Crippen molar-refractivity contribution in [3.63, 3.8) is 0 Å². The van der Waals surface area contributed by atoms with Gasteiger partial charge in [0.15, 0.2) is 0 Å². The topological polar surface area (TPSA) is 36.4 Å². The summed E-state index contributed by atoms with van der Waals surface area (Å²) in [6.45, 7) is 4.16. The number of nitrogens with zero attached hydrogens (tertiary/aromatic N) is 3. The van der Waals surface area contributed by atoms with Gasteiger partial charge in [0.05, 0.1) is 15.5 Å². The Balaban J connectivity index is 1.41. The summed E-state index contributed by atoms with van der Waals surface area (Å²) in [6, 6.07) is 2.94. The first kappa shape index (κ1) is 20.5. The second-order valence-electron chi connectivity index (χ2n) is 7.71. The molecular weight excluding hydrogens is 423 g/mol. The summed E-state index contributed by atoms with van der Waals surface area (Å²) in [5, 5.41) is -0.0281. The first-order valence-electron chi connectivity index (χ1n) is 9.61. The van der Waals surface area contributed by atoms with Gasteiger partial charge < -0.3 is 9.80 Å². The quantitative estimate of drug-likeness (QED) is 0.662. The monoisotopic (exact) mass is 443 g/mol. The van der Waals surface area contributed by atoms with Gasteiger partial charge in [-0.1, -0.05) is 18.5 Å². The zero-order valence-electron chi connectivity index (χ0n) is 15.9. The standard InChI is InChI=1S/C20H21ClF3N3OS/c1-12-2-3-16-13(8-12)9-17(29-16)19(28)27-6-4-26(5-7-27)18-15(21)10-14(11-25-18)20(22,23)24/h9-12H,2-8H2,1H3. The van der Waals surface area contributed by atoms with Crippen LogP contribution in [0.25, 0.3) is 0 Å². The number of carbonyl (C=O) groups is 1. The SMILES string of the molecule is CC1CCc2sc(C(=O)N3CCN(c4ncc(C(F)(F)F)cc4Cl)CC3)cc2C1. The van der Waals surface area contributed by atoms with E-state index >= 15 is 0 Å². The fourth-order valence-electron chi connectivity index (χ4n) is 3.91. The minimum Gasteiger partial charge on any atom is -0.352 e. The lowest BCUT2D eigenvalue weighted by Gasteiger charge is -2.35. The van der Waals surface area contributed by atoms with E-state index in [1.165, 1.54) is 16.9 Å². The molecule has 0 saturated carbocycles. The average Bonchev–Trinajstić information content (AvgIpc) is 3.10. The summed E-state index contributed by atoms with van der Waals surface area (Å²) >= 11 is 7.65. The number of alkyl halides is 3. The number of thiophene rings is 1. The van der Waals surface area contributed by atoms with Gasteiger partial charge in [-0.2, -0.15) is 13.2 Å². The summed E-state index contributed by atoms with van der Waals surface area (Å²) in [7, 11) is 0. The first-order chi connectivity index (χ1) is 13.7. The molecule has 29 heavy (non-hydrogen) atoms. The van der Waals surface area contributed by atoms with Crippen molar-refractivity contribution in [2.45, 2.75) is 32.4 Å². The molecule has 1 unspecified atom stereocenters. The predicted octanol–water partition coefficient (Wildman–Crippen LogP) is 4.90. The van der Waals surface area contributed by atoms with Crippen LogP contribution in [0.5, 0.6) is 0 Å². The summed E-state index contributed by atoms with van der Waals surface area (Å²) in [5.74, 6) is 1.01. The fourth-order valence-corrected chi connectivity index (χ4v) is 5.37. The molecule has 4 rings (SSSR count). The van der Waals surface area contributed by atoms with Crippen LogP contribution < -0.4 is 4.90 Å². The van der Waals surface area contributed by atoms with Gasteiger partial charge in [0, 0.05) is 37.3 Å². The largest absolute Gasteiger partial charge is 0.417 e. The maximum Gasteiger partial charge on any atom is 0.417 e. The van der Waals surface area contributed by atoms with Crippen LogP contribution in [0.1, 0.15) is 39.0 Å². The van der Waals surface area contributed by atoms with Crippen LogP contribution in [-0.4, -0.2) is 42.0 Å². The number of aryl methyl sites for hydroxylation is 1. The number of halogens is 4. The van der Waals surface area contributed by atoms with E-state index in [1.54, 1.807) is 16.2 Å². The Morgan fingerprint density at radius 2 is 1.97 bits per heavy atom. The van der Waals surface area contributed by atoms with E-state index in [4.69, 9.17) is 11.6 Å². The molecule has 0 aromatic carbocycles. The van der Waals surface area contributed by atoms with Crippen molar-refractivity contribution in [3.05, 3.63) is 44.2 Å². The van der Waals surface area contributed by atoms with Crippen molar-refractivity contribution in [1.82, 2.24) is 9.88 Å². The maximum absolute atomic E-state index is 12.9. The van der Waals surface area contributed by atoms with Crippen LogP contribution >= 0.6 is 22.9 Å². The Hall–Kier alpha value is -1.80. The van der Waals surface area contributed by atoms with E-state index in [-0.39, 0.29) is 10.9 Å². The Morgan fingerprint density at radius 1 is 1.24 bits per heavy atom. The van der Waals surface area contributed by atoms with Gasteiger partial charge in [0.2, 0.25) is 0 Å². The minimum absolute atomic E-state index is 0.0281. The number of amides is 1. The van der Waals surface area contributed by atoms with Crippen molar-refractivity contribution in [2.24, 2.45) is 5.92 Å². The number of hydrogen-bond donors (Lipinski definition) is 0. The molecule has 9 heteroatoms. The smallest absolute Gasteiger partial charge is 0.352 e. The lowest BCUT2D eigenvalue weighted by molar-refractivity contribution is -0.137. The van der Waals surface area contributed by atoms with Gasteiger partial charge >= 0.3 is 6.18 Å². The third kappa shape index (κ3) is 4.23. The normalized spacial score (nSPS) is 20.0. The number of anilines is 1. The lowest BCUT2D eigenvalue weighted by atomic mass is 9.90. The molecule has 2 aromatic rings. The molecule has 1 fully saturated rings. The van der Waals surface area contributed by atoms with Gasteiger partial charge in [0.1, 0.15) is 5.82 Å². The van der Waals surface area contributed by atoms with Crippen LogP contribution in [0, 0.1) is 5.92 Å². The highest BCUT2D eigenvalue weighted by Gasteiger charge is 2.33. The van der Waals surface area contributed by atoms with Crippen molar-refractivity contribution >= 4 is 34.7 Å². The molecule has 0 radical (unpaired) electrons. The summed E-state index contributed by atoms with van der Waals surface area (Å²) in [4.78, 5) is 22.6. The third-order valence-electron chi connectivity index (χ3n) is 5.56. The highest BCUT2D eigenvalue weighted by atomic mass is 35.5. The van der Waals surface area contributed by atoms with Crippen LogP contribution in [0.3, 0.4) is 0 Å². The van der Waals surface area contributed by atoms with Crippen LogP contribution in [0.2, 0.25) is 5.02 Å². The third-order valence-corrected chi connectivity index (χ3v) is 7.06. The number of aromatic nitrogens is 1. The molecule has 156 valence electrons. The maximum atomic E-state index is 12.9. The number of fused-ring (bicyclic) bond motifs is 1. The highest BCUT2D eigenvalue weighted by molar-refractivity contribution is 7.14. The lowest BCUT2D eigenvalue weighted by Crippen LogP contribution is -2.49. The van der Waals surface area contributed by atoms with Gasteiger partial charge in [0.25, 0.3) is 5.91 Å². The zero-order valence-corrected chi connectivity index (χ0v) is 17.5. The molecule has 4 nitrogen and oxygen atoms in total. The Labute approximate surface area is 176 Å². The van der Waals surface area contributed by atoms with E-state index in [9.17, 15) is 18.0 Å². The van der Waals surface area contributed by atoms with E-state index in [0.29, 0.717) is 37.9 Å². The zero-order chi connectivity index (χ0) is 20.8. The first-order valence-corrected chi connectivity index (χ1v) is 10.8. The van der Waals surface area contributed by atoms with E-state index in [2.05, 4.69) is 11.9 Å². The highest BCUT2D eigenvalue weighted by Crippen LogP contribution is 2.35. The average molecular weight is 444 g/mol. The van der Waals surface area contributed by atoms with Gasteiger partial charge in [-0.3, -0.25) is 4.79 Å². The minimum atomic E-state index is -4.47. The van der Waals surface area contributed by atoms with E-state index in [0.717, 1.165) is 30.0 Å². The van der Waals surface area contributed by atoms with Crippen molar-refractivity contribution in [2.75, 3.05) is 31.1 Å². The molecule has 1 saturated heterocycles. The number of pyridine rings is 1. The molecule has 0 bridgehead atoms. The molecule has 1 aliphatic carbocycles. The van der Waals surface area contributed by atoms with Gasteiger partial charge in [-0.15, -0.1) is 11.3 Å². The molecule has 1 atom stereocenters. The number of rotatable bonds is 2.